The summed E-state index contributed by atoms with van der Waals surface area (Å²) in [6.45, 7) is 0. The Hall–Kier alpha value is -1.88. The number of nitrogens with zero attached hydrogens (tertiary/aromatic N) is 1. The normalized spacial score (nSPS) is 10.1. The van der Waals surface area contributed by atoms with Crippen molar-refractivity contribution in [2.45, 2.75) is 0 Å². The number of ether oxygens (including phenoxy) is 1. The molecule has 4 nitrogen and oxygen atoms in total. The quantitative estimate of drug-likeness (QED) is 0.811. The van der Waals surface area contributed by atoms with Gasteiger partial charge in [-0.15, -0.1) is 0 Å². The van der Waals surface area contributed by atoms with Gasteiger partial charge in [-0.25, -0.2) is 9.78 Å². The molecule has 0 atom stereocenters. The van der Waals surface area contributed by atoms with Crippen LogP contribution in [0.2, 0.25) is 0 Å². The molecule has 2 rings (SSSR count). The lowest BCUT2D eigenvalue weighted by Crippen LogP contribution is -2.05. The maximum Gasteiger partial charge on any atom is 0.360 e. The highest BCUT2D eigenvalue weighted by Gasteiger charge is 2.14. The predicted molar refractivity (Wildman–Crippen MR) is 60.6 cm³/mol. The van der Waals surface area contributed by atoms with E-state index in [2.05, 4.69) is 9.72 Å². The van der Waals surface area contributed by atoms with Crippen LogP contribution < -0.4 is 0 Å². The van der Waals surface area contributed by atoms with Crippen molar-refractivity contribution in [3.8, 4) is 17.0 Å². The summed E-state index contributed by atoms with van der Waals surface area (Å²) in [6, 6.07) is 4.99. The first-order valence-electron chi connectivity index (χ1n) is 4.53. The molecule has 0 saturated carbocycles. The minimum atomic E-state index is -0.644. The van der Waals surface area contributed by atoms with E-state index in [1.54, 1.807) is 6.07 Å². The number of rotatable bonds is 2. The van der Waals surface area contributed by atoms with Gasteiger partial charge >= 0.3 is 5.97 Å². The van der Waals surface area contributed by atoms with Crippen molar-refractivity contribution in [3.63, 3.8) is 0 Å². The molecule has 2 heterocycles. The molecule has 0 aliphatic rings. The Morgan fingerprint density at radius 3 is 2.88 bits per heavy atom. The lowest BCUT2D eigenvalue weighted by Gasteiger charge is -2.03. The van der Waals surface area contributed by atoms with Gasteiger partial charge in [-0.3, -0.25) is 0 Å². The van der Waals surface area contributed by atoms with E-state index in [0.29, 0.717) is 5.69 Å². The maximum absolute atomic E-state index is 11.3. The molecule has 0 saturated heterocycles. The SMILES string of the molecule is COC(=O)c1nc(-c2ccsc2)ccc1O. The molecular weight excluding hydrogens is 226 g/mol. The van der Waals surface area contributed by atoms with Crippen LogP contribution in [0.5, 0.6) is 5.75 Å². The van der Waals surface area contributed by atoms with Crippen molar-refractivity contribution in [1.82, 2.24) is 4.98 Å². The molecule has 0 radical (unpaired) electrons. The van der Waals surface area contributed by atoms with E-state index >= 15 is 0 Å². The molecule has 82 valence electrons. The second kappa shape index (κ2) is 4.32. The average Bonchev–Trinajstić information content (AvgIpc) is 2.82. The van der Waals surface area contributed by atoms with E-state index in [4.69, 9.17) is 0 Å². The van der Waals surface area contributed by atoms with Crippen LogP contribution in [-0.4, -0.2) is 23.2 Å². The van der Waals surface area contributed by atoms with Crippen LogP contribution in [0.15, 0.2) is 29.0 Å². The van der Waals surface area contributed by atoms with E-state index in [1.807, 2.05) is 16.8 Å². The molecule has 2 aromatic rings. The van der Waals surface area contributed by atoms with E-state index in [-0.39, 0.29) is 11.4 Å². The molecule has 0 unspecified atom stereocenters. The van der Waals surface area contributed by atoms with Gasteiger partial charge in [-0.05, 0) is 23.6 Å². The number of carbonyl (C=O) groups is 1. The Labute approximate surface area is 96.1 Å². The molecule has 0 aliphatic carbocycles. The predicted octanol–water partition coefficient (Wildman–Crippen LogP) is 2.30. The summed E-state index contributed by atoms with van der Waals surface area (Å²) in [6.07, 6.45) is 0. The smallest absolute Gasteiger partial charge is 0.360 e. The summed E-state index contributed by atoms with van der Waals surface area (Å²) >= 11 is 1.54. The summed E-state index contributed by atoms with van der Waals surface area (Å²) in [4.78, 5) is 15.4. The molecule has 0 fully saturated rings. The second-order valence-corrected chi connectivity index (χ2v) is 3.85. The van der Waals surface area contributed by atoms with Crippen LogP contribution in [0.3, 0.4) is 0 Å². The topological polar surface area (TPSA) is 59.4 Å². The average molecular weight is 235 g/mol. The molecule has 0 spiro atoms. The highest BCUT2D eigenvalue weighted by molar-refractivity contribution is 7.08. The third kappa shape index (κ3) is 1.90. The Morgan fingerprint density at radius 2 is 2.25 bits per heavy atom. The lowest BCUT2D eigenvalue weighted by atomic mass is 10.2. The van der Waals surface area contributed by atoms with Crippen molar-refractivity contribution < 1.29 is 14.6 Å². The molecule has 16 heavy (non-hydrogen) atoms. The number of esters is 1. The number of aromatic hydroxyl groups is 1. The van der Waals surface area contributed by atoms with Crippen molar-refractivity contribution in [3.05, 3.63) is 34.7 Å². The van der Waals surface area contributed by atoms with Gasteiger partial charge in [-0.2, -0.15) is 11.3 Å². The molecule has 0 aliphatic heterocycles. The number of aromatic nitrogens is 1. The summed E-state index contributed by atoms with van der Waals surface area (Å²) in [7, 11) is 1.25. The Balaban J connectivity index is 2.47. The fourth-order valence-corrected chi connectivity index (χ4v) is 1.92. The highest BCUT2D eigenvalue weighted by atomic mass is 32.1. The molecule has 0 aromatic carbocycles. The third-order valence-electron chi connectivity index (χ3n) is 2.07. The number of hydrogen-bond acceptors (Lipinski definition) is 5. The molecule has 0 bridgehead atoms. The van der Waals surface area contributed by atoms with E-state index < -0.39 is 5.97 Å². The van der Waals surface area contributed by atoms with Gasteiger partial charge < -0.3 is 9.84 Å². The molecule has 2 aromatic heterocycles. The van der Waals surface area contributed by atoms with Gasteiger partial charge in [0, 0.05) is 10.9 Å². The van der Waals surface area contributed by atoms with E-state index in [0.717, 1.165) is 5.56 Å². The van der Waals surface area contributed by atoms with Crippen molar-refractivity contribution in [1.29, 1.82) is 0 Å². The van der Waals surface area contributed by atoms with Crippen molar-refractivity contribution in [2.24, 2.45) is 0 Å². The summed E-state index contributed by atoms with van der Waals surface area (Å²) in [5.74, 6) is -0.819. The van der Waals surface area contributed by atoms with Crippen LogP contribution in [0.1, 0.15) is 10.5 Å². The zero-order valence-corrected chi connectivity index (χ0v) is 9.32. The number of hydrogen-bond donors (Lipinski definition) is 1. The van der Waals surface area contributed by atoms with Gasteiger partial charge in [-0.1, -0.05) is 0 Å². The van der Waals surface area contributed by atoms with Gasteiger partial charge in [0.2, 0.25) is 0 Å². The molecule has 0 amide bonds. The first-order valence-corrected chi connectivity index (χ1v) is 5.47. The summed E-state index contributed by atoms with van der Waals surface area (Å²) in [5.41, 5.74) is 1.49. The Kier molecular flexibility index (Phi) is 2.87. The summed E-state index contributed by atoms with van der Waals surface area (Å²) in [5, 5.41) is 13.3. The number of carbonyl (C=O) groups excluding carboxylic acids is 1. The Bertz CT molecular complexity index is 508. The van der Waals surface area contributed by atoms with Crippen LogP contribution in [0, 0.1) is 0 Å². The zero-order chi connectivity index (χ0) is 11.5. The number of pyridine rings is 1. The van der Waals surface area contributed by atoms with Gasteiger partial charge in [0.25, 0.3) is 0 Å². The Morgan fingerprint density at radius 1 is 1.44 bits per heavy atom. The standard InChI is InChI=1S/C11H9NO3S/c1-15-11(14)10-9(13)3-2-8(12-10)7-4-5-16-6-7/h2-6,13H,1H3. The first-order chi connectivity index (χ1) is 7.72. The van der Waals surface area contributed by atoms with Gasteiger partial charge in [0.1, 0.15) is 5.75 Å². The van der Waals surface area contributed by atoms with Crippen LogP contribution in [0.4, 0.5) is 0 Å². The monoisotopic (exact) mass is 235 g/mol. The third-order valence-corrected chi connectivity index (χ3v) is 2.75. The van der Waals surface area contributed by atoms with Crippen LogP contribution >= 0.6 is 11.3 Å². The second-order valence-electron chi connectivity index (χ2n) is 3.07. The largest absolute Gasteiger partial charge is 0.505 e. The molecular formula is C11H9NO3S. The minimum absolute atomic E-state index is 0.0637. The number of methoxy groups -OCH3 is 1. The molecule has 1 N–H and O–H groups in total. The van der Waals surface area contributed by atoms with E-state index in [9.17, 15) is 9.90 Å². The van der Waals surface area contributed by atoms with Gasteiger partial charge in [0.15, 0.2) is 5.69 Å². The van der Waals surface area contributed by atoms with Crippen molar-refractivity contribution in [2.75, 3.05) is 7.11 Å². The van der Waals surface area contributed by atoms with Crippen molar-refractivity contribution >= 4 is 17.3 Å². The fraction of sp³-hybridized carbons (Fsp3) is 0.0909. The lowest BCUT2D eigenvalue weighted by molar-refractivity contribution is 0.0590. The fourth-order valence-electron chi connectivity index (χ4n) is 1.27. The van der Waals surface area contributed by atoms with Crippen LogP contribution in [0.25, 0.3) is 11.3 Å². The summed E-state index contributed by atoms with van der Waals surface area (Å²) < 4.78 is 4.53. The highest BCUT2D eigenvalue weighted by Crippen LogP contribution is 2.24. The van der Waals surface area contributed by atoms with Crippen LogP contribution in [-0.2, 0) is 4.74 Å². The first kappa shape index (κ1) is 10.6. The molecule has 5 heteroatoms. The maximum atomic E-state index is 11.3. The minimum Gasteiger partial charge on any atom is -0.505 e. The zero-order valence-electron chi connectivity index (χ0n) is 8.51. The number of thiophene rings is 1. The van der Waals surface area contributed by atoms with Gasteiger partial charge in [0.05, 0.1) is 12.8 Å². The van der Waals surface area contributed by atoms with E-state index in [1.165, 1.54) is 24.5 Å².